The number of nitro benzene ring substituents is 1. The molecule has 0 fully saturated rings. The highest BCUT2D eigenvalue weighted by atomic mass is 19.1. The number of hydrogen-bond donors (Lipinski definition) is 0. The lowest BCUT2D eigenvalue weighted by Gasteiger charge is -2.10. The van der Waals surface area contributed by atoms with Crippen molar-refractivity contribution in [3.8, 4) is 5.75 Å². The van der Waals surface area contributed by atoms with Gasteiger partial charge in [0.15, 0.2) is 12.4 Å². The van der Waals surface area contributed by atoms with Gasteiger partial charge < -0.3 is 9.30 Å². The van der Waals surface area contributed by atoms with Crippen LogP contribution < -0.4 is 4.74 Å². The molecule has 1 aromatic heterocycles. The number of rotatable bonds is 8. The van der Waals surface area contributed by atoms with E-state index < -0.39 is 17.3 Å². The zero-order valence-corrected chi connectivity index (χ0v) is 16.2. The molecule has 0 atom stereocenters. The predicted molar refractivity (Wildman–Crippen MR) is 107 cm³/mol. The van der Waals surface area contributed by atoms with Gasteiger partial charge in [0.1, 0.15) is 5.82 Å². The van der Waals surface area contributed by atoms with E-state index in [1.54, 1.807) is 6.07 Å². The lowest BCUT2D eigenvalue weighted by atomic mass is 10.1. The summed E-state index contributed by atoms with van der Waals surface area (Å²) in [6, 6.07) is 14.7. The number of ketones is 1. The first-order valence-corrected chi connectivity index (χ1v) is 9.17. The fraction of sp³-hybridized carbons (Fsp3) is 0.227. The highest BCUT2D eigenvalue weighted by molar-refractivity contribution is 5.98. The minimum atomic E-state index is -0.672. The molecule has 0 radical (unpaired) electrons. The Morgan fingerprint density at radius 3 is 2.55 bits per heavy atom. The van der Waals surface area contributed by atoms with Gasteiger partial charge in [0.05, 0.1) is 4.92 Å². The van der Waals surface area contributed by atoms with Crippen molar-refractivity contribution in [1.29, 1.82) is 0 Å². The molecule has 0 aliphatic heterocycles. The van der Waals surface area contributed by atoms with Crippen LogP contribution in [0.25, 0.3) is 0 Å². The van der Waals surface area contributed by atoms with Gasteiger partial charge >= 0.3 is 5.69 Å². The number of aryl methyl sites for hydroxylation is 2. The monoisotopic (exact) mass is 396 g/mol. The van der Waals surface area contributed by atoms with Crippen molar-refractivity contribution in [3.63, 3.8) is 0 Å². The summed E-state index contributed by atoms with van der Waals surface area (Å²) in [4.78, 5) is 23.0. The van der Waals surface area contributed by atoms with Crippen molar-refractivity contribution in [2.75, 3.05) is 6.61 Å². The lowest BCUT2D eigenvalue weighted by Crippen LogP contribution is -2.14. The van der Waals surface area contributed by atoms with E-state index >= 15 is 0 Å². The fourth-order valence-corrected chi connectivity index (χ4v) is 3.29. The molecule has 0 spiro atoms. The molecular formula is C22H21FN2O4. The van der Waals surface area contributed by atoms with Crippen LogP contribution in [0.5, 0.6) is 5.75 Å². The van der Waals surface area contributed by atoms with Crippen LogP contribution in [-0.2, 0) is 13.0 Å². The standard InChI is InChI=1S/C22H21FN2O4/c1-15-12-19(16(2)24(15)11-10-17-6-4-3-5-7-17)21(26)14-29-22-13-18(23)8-9-20(22)25(27)28/h3-9,12-13H,10-11,14H2,1-2H3. The molecule has 0 aliphatic rings. The second-order valence-corrected chi connectivity index (χ2v) is 6.75. The molecule has 7 heteroatoms. The van der Waals surface area contributed by atoms with E-state index in [4.69, 9.17) is 4.74 Å². The first-order chi connectivity index (χ1) is 13.9. The molecule has 0 unspecified atom stereocenters. The highest BCUT2D eigenvalue weighted by Crippen LogP contribution is 2.28. The van der Waals surface area contributed by atoms with Crippen molar-refractivity contribution < 1.29 is 18.8 Å². The summed E-state index contributed by atoms with van der Waals surface area (Å²) in [6.07, 6.45) is 0.830. The predicted octanol–water partition coefficient (Wildman–Crippen LogP) is 4.66. The molecule has 6 nitrogen and oxygen atoms in total. The Balaban J connectivity index is 1.72. The van der Waals surface area contributed by atoms with Crippen LogP contribution in [0.1, 0.15) is 27.3 Å². The van der Waals surface area contributed by atoms with E-state index in [9.17, 15) is 19.3 Å². The quantitative estimate of drug-likeness (QED) is 0.315. The molecule has 0 N–H and O–H groups in total. The van der Waals surface area contributed by atoms with Crippen molar-refractivity contribution >= 4 is 11.5 Å². The summed E-state index contributed by atoms with van der Waals surface area (Å²) >= 11 is 0. The molecule has 1 heterocycles. The number of nitrogens with zero attached hydrogens (tertiary/aromatic N) is 2. The third-order valence-corrected chi connectivity index (χ3v) is 4.82. The molecule has 0 bridgehead atoms. The van der Waals surface area contributed by atoms with E-state index in [0.717, 1.165) is 42.6 Å². The summed E-state index contributed by atoms with van der Waals surface area (Å²) in [6.45, 7) is 4.10. The number of nitro groups is 1. The largest absolute Gasteiger partial charge is 0.478 e. The number of aromatic nitrogens is 1. The molecule has 29 heavy (non-hydrogen) atoms. The number of Topliss-reactive ketones (excluding diaryl/α,β-unsaturated/α-hetero) is 1. The van der Waals surface area contributed by atoms with Gasteiger partial charge in [-0.2, -0.15) is 0 Å². The van der Waals surface area contributed by atoms with Crippen LogP contribution >= 0.6 is 0 Å². The third kappa shape index (κ3) is 4.68. The molecule has 3 rings (SSSR count). The topological polar surface area (TPSA) is 74.4 Å². The van der Waals surface area contributed by atoms with Crippen molar-refractivity contribution in [2.45, 2.75) is 26.8 Å². The van der Waals surface area contributed by atoms with E-state index in [0.29, 0.717) is 5.56 Å². The molecular weight excluding hydrogens is 375 g/mol. The summed E-state index contributed by atoms with van der Waals surface area (Å²) in [5, 5.41) is 11.1. The third-order valence-electron chi connectivity index (χ3n) is 4.82. The summed E-state index contributed by atoms with van der Waals surface area (Å²) in [7, 11) is 0. The maximum atomic E-state index is 13.4. The second kappa shape index (κ2) is 8.68. The molecule has 2 aromatic carbocycles. The Kier molecular flexibility index (Phi) is 6.07. The fourth-order valence-electron chi connectivity index (χ4n) is 3.29. The van der Waals surface area contributed by atoms with Crippen LogP contribution in [0, 0.1) is 29.8 Å². The average Bonchev–Trinajstić information content (AvgIpc) is 2.99. The first kappa shape index (κ1) is 20.3. The highest BCUT2D eigenvalue weighted by Gasteiger charge is 2.20. The SMILES string of the molecule is Cc1cc(C(=O)COc2cc(F)ccc2[N+](=O)[O-])c(C)n1CCc1ccccc1. The van der Waals surface area contributed by atoms with Crippen LogP contribution in [0.15, 0.2) is 54.6 Å². The van der Waals surface area contributed by atoms with Crippen LogP contribution in [0.4, 0.5) is 10.1 Å². The van der Waals surface area contributed by atoms with E-state index in [1.807, 2.05) is 32.0 Å². The summed E-state index contributed by atoms with van der Waals surface area (Å²) in [5.74, 6) is -1.25. The summed E-state index contributed by atoms with van der Waals surface area (Å²) < 4.78 is 20.8. The van der Waals surface area contributed by atoms with E-state index in [-0.39, 0.29) is 17.2 Å². The first-order valence-electron chi connectivity index (χ1n) is 9.17. The zero-order chi connectivity index (χ0) is 21.0. The van der Waals surface area contributed by atoms with Gasteiger partial charge in [-0.1, -0.05) is 30.3 Å². The molecule has 0 saturated carbocycles. The van der Waals surface area contributed by atoms with Crippen molar-refractivity contribution in [1.82, 2.24) is 4.57 Å². The molecule has 0 amide bonds. The average molecular weight is 396 g/mol. The Bertz CT molecular complexity index is 1040. The number of carbonyl (C=O) groups is 1. The zero-order valence-electron chi connectivity index (χ0n) is 16.2. The van der Waals surface area contributed by atoms with Gasteiger partial charge in [0.25, 0.3) is 0 Å². The molecule has 0 aliphatic carbocycles. The van der Waals surface area contributed by atoms with Gasteiger partial charge in [0, 0.05) is 35.6 Å². The van der Waals surface area contributed by atoms with Gasteiger partial charge in [-0.15, -0.1) is 0 Å². The lowest BCUT2D eigenvalue weighted by molar-refractivity contribution is -0.385. The maximum absolute atomic E-state index is 13.4. The Hall–Kier alpha value is -3.48. The number of hydrogen-bond acceptors (Lipinski definition) is 4. The Labute approximate surface area is 167 Å². The summed E-state index contributed by atoms with van der Waals surface area (Å²) in [5.41, 5.74) is 3.07. The minimum Gasteiger partial charge on any atom is -0.478 e. The van der Waals surface area contributed by atoms with Crippen molar-refractivity contribution in [3.05, 3.63) is 93.0 Å². The molecule has 0 saturated heterocycles. The van der Waals surface area contributed by atoms with Crippen LogP contribution in [0.2, 0.25) is 0 Å². The van der Waals surface area contributed by atoms with Gasteiger partial charge in [-0.25, -0.2) is 4.39 Å². The number of benzene rings is 2. The van der Waals surface area contributed by atoms with E-state index in [1.165, 1.54) is 5.56 Å². The smallest absolute Gasteiger partial charge is 0.311 e. The molecule has 150 valence electrons. The van der Waals surface area contributed by atoms with Crippen LogP contribution in [-0.4, -0.2) is 21.9 Å². The van der Waals surface area contributed by atoms with Gasteiger partial charge in [-0.3, -0.25) is 14.9 Å². The Morgan fingerprint density at radius 1 is 1.14 bits per heavy atom. The Morgan fingerprint density at radius 2 is 1.86 bits per heavy atom. The van der Waals surface area contributed by atoms with Crippen molar-refractivity contribution in [2.24, 2.45) is 0 Å². The number of ether oxygens (including phenoxy) is 1. The maximum Gasteiger partial charge on any atom is 0.311 e. The number of halogens is 1. The molecule has 3 aromatic rings. The van der Waals surface area contributed by atoms with Crippen LogP contribution in [0.3, 0.4) is 0 Å². The minimum absolute atomic E-state index is 0.263. The van der Waals surface area contributed by atoms with E-state index in [2.05, 4.69) is 16.7 Å². The second-order valence-electron chi connectivity index (χ2n) is 6.75. The van der Waals surface area contributed by atoms with Gasteiger partial charge in [0.2, 0.25) is 5.78 Å². The van der Waals surface area contributed by atoms with Gasteiger partial charge in [-0.05, 0) is 38.0 Å². The normalized spacial score (nSPS) is 10.7. The number of carbonyl (C=O) groups excluding carboxylic acids is 1.